The second-order valence-corrected chi connectivity index (χ2v) is 11.3. The lowest BCUT2D eigenvalue weighted by Crippen LogP contribution is -2.59. The number of nitrogens with one attached hydrogen (secondary N) is 3. The number of amides is 5. The zero-order chi connectivity index (χ0) is 29.9. The Kier molecular flexibility index (Phi) is 11.5. The highest BCUT2D eigenvalue weighted by atomic mass is 32.1. The molecule has 1 unspecified atom stereocenters. The Morgan fingerprint density at radius 2 is 1.50 bits per heavy atom. The van der Waals surface area contributed by atoms with Crippen LogP contribution in [0, 0.1) is 0 Å². The van der Waals surface area contributed by atoms with Crippen LogP contribution in [0.3, 0.4) is 0 Å². The van der Waals surface area contributed by atoms with Gasteiger partial charge in [-0.25, -0.2) is 4.79 Å². The highest BCUT2D eigenvalue weighted by molar-refractivity contribution is 7.80. The third kappa shape index (κ3) is 8.61. The first-order chi connectivity index (χ1) is 20.4. The summed E-state index contributed by atoms with van der Waals surface area (Å²) in [7, 11) is 0. The number of carbonyl (C=O) groups is 4. The van der Waals surface area contributed by atoms with Crippen LogP contribution in [-0.4, -0.2) is 57.6 Å². The third-order valence-electron chi connectivity index (χ3n) is 7.85. The quantitative estimate of drug-likeness (QED) is 0.212. The highest BCUT2D eigenvalue weighted by Gasteiger charge is 2.36. The molecule has 2 aromatic rings. The molecular weight excluding hydrogens is 552 g/mol. The molecule has 5 amide bonds. The average Bonchev–Trinajstić information content (AvgIpc) is 3.02. The van der Waals surface area contributed by atoms with Crippen LogP contribution in [0.15, 0.2) is 60.3 Å². The fourth-order valence-electron chi connectivity index (χ4n) is 5.55. The van der Waals surface area contributed by atoms with Gasteiger partial charge in [0.15, 0.2) is 0 Å². The molecule has 9 nitrogen and oxygen atoms in total. The van der Waals surface area contributed by atoms with Crippen LogP contribution < -0.4 is 16.0 Å². The first-order valence-corrected chi connectivity index (χ1v) is 15.4. The van der Waals surface area contributed by atoms with E-state index in [0.717, 1.165) is 64.2 Å². The van der Waals surface area contributed by atoms with Crippen molar-refractivity contribution in [2.24, 2.45) is 0 Å². The molecule has 2 aliphatic carbocycles. The summed E-state index contributed by atoms with van der Waals surface area (Å²) in [5.74, 6) is -1.70. The molecule has 0 saturated heterocycles. The van der Waals surface area contributed by atoms with Crippen LogP contribution in [0.5, 0.6) is 5.75 Å². The minimum Gasteiger partial charge on any atom is -0.508 e. The van der Waals surface area contributed by atoms with Gasteiger partial charge in [-0.2, -0.15) is 12.6 Å². The maximum absolute atomic E-state index is 13.9. The molecule has 224 valence electrons. The summed E-state index contributed by atoms with van der Waals surface area (Å²) in [6, 6.07) is 12.8. The Hall–Kier alpha value is -3.79. The van der Waals surface area contributed by atoms with Crippen molar-refractivity contribution in [3.8, 4) is 5.75 Å². The number of hydrogen-bond donors (Lipinski definition) is 5. The average molecular weight is 593 g/mol. The van der Waals surface area contributed by atoms with Crippen molar-refractivity contribution in [3.63, 3.8) is 0 Å². The van der Waals surface area contributed by atoms with E-state index in [-0.39, 0.29) is 29.3 Å². The number of imide groups is 1. The normalized spacial score (nSPS) is 17.1. The van der Waals surface area contributed by atoms with Gasteiger partial charge in [0.1, 0.15) is 17.5 Å². The second kappa shape index (κ2) is 15.4. The van der Waals surface area contributed by atoms with E-state index in [2.05, 4.69) is 28.6 Å². The predicted octanol–water partition coefficient (Wildman–Crippen LogP) is 4.78. The lowest BCUT2D eigenvalue weighted by molar-refractivity contribution is -0.134. The van der Waals surface area contributed by atoms with Crippen molar-refractivity contribution in [1.29, 1.82) is 0 Å². The molecule has 2 saturated carbocycles. The van der Waals surface area contributed by atoms with Gasteiger partial charge in [-0.3, -0.25) is 19.3 Å². The number of thiol groups is 1. The molecule has 0 aromatic heterocycles. The maximum Gasteiger partial charge on any atom is 0.324 e. The first kappa shape index (κ1) is 31.2. The van der Waals surface area contributed by atoms with Gasteiger partial charge in [0.05, 0.1) is 0 Å². The zero-order valence-corrected chi connectivity index (χ0v) is 24.7. The number of rotatable bonds is 9. The van der Waals surface area contributed by atoms with E-state index in [1.807, 2.05) is 0 Å². The molecule has 0 bridgehead atoms. The van der Waals surface area contributed by atoms with Crippen molar-refractivity contribution in [2.45, 2.75) is 82.3 Å². The third-order valence-corrected chi connectivity index (χ3v) is 8.21. The van der Waals surface area contributed by atoms with Crippen LogP contribution in [0.1, 0.15) is 80.1 Å². The summed E-state index contributed by atoms with van der Waals surface area (Å²) in [5, 5.41) is 18.1. The lowest BCUT2D eigenvalue weighted by atomic mass is 9.93. The molecule has 4 N–H and O–H groups in total. The van der Waals surface area contributed by atoms with Crippen molar-refractivity contribution < 1.29 is 24.3 Å². The number of carbonyl (C=O) groups excluding carboxylic acids is 4. The summed E-state index contributed by atoms with van der Waals surface area (Å²) in [6.45, 7) is 0. The number of phenolic OH excluding ortho intramolecular Hbond substituents is 1. The molecule has 0 heterocycles. The summed E-state index contributed by atoms with van der Waals surface area (Å²) in [4.78, 5) is 55.3. The minimum absolute atomic E-state index is 0.0298. The van der Waals surface area contributed by atoms with E-state index in [1.54, 1.807) is 42.5 Å². The highest BCUT2D eigenvalue weighted by Crippen LogP contribution is 2.25. The Labute approximate surface area is 252 Å². The van der Waals surface area contributed by atoms with Gasteiger partial charge in [0.2, 0.25) is 0 Å². The van der Waals surface area contributed by atoms with Crippen LogP contribution in [0.4, 0.5) is 4.79 Å². The SMILES string of the molecule is O=C(NC(CS)C(=O)N(C(=O)NC1CCCCC1)C1CCCCC1)/C(=C\c1ccc(O)cc1)NC(=O)c1ccccc1. The molecular formula is C32H40N4O5S. The molecule has 0 aliphatic heterocycles. The van der Waals surface area contributed by atoms with Gasteiger partial charge >= 0.3 is 6.03 Å². The van der Waals surface area contributed by atoms with Gasteiger partial charge in [-0.1, -0.05) is 68.9 Å². The number of nitrogens with zero attached hydrogens (tertiary/aromatic N) is 1. The number of urea groups is 1. The maximum atomic E-state index is 13.9. The standard InChI is InChI=1S/C32H40N4O5S/c37-26-18-16-22(17-19-26)20-27(34-29(38)23-10-4-1-5-11-23)30(39)35-28(21-42)31(40)36(25-14-8-3-9-15-25)32(41)33-24-12-6-2-7-13-24/h1,4-5,10-11,16-20,24-25,28,37,42H,2-3,6-9,12-15,21H2,(H,33,41)(H,34,38)(H,35,39)/b27-20+. The number of phenols is 1. The van der Waals surface area contributed by atoms with Gasteiger partial charge in [0.25, 0.3) is 17.7 Å². The predicted molar refractivity (Wildman–Crippen MR) is 165 cm³/mol. The fourth-order valence-corrected chi connectivity index (χ4v) is 5.79. The van der Waals surface area contributed by atoms with Gasteiger partial charge in [-0.15, -0.1) is 0 Å². The van der Waals surface area contributed by atoms with E-state index in [0.29, 0.717) is 11.1 Å². The number of hydrogen-bond acceptors (Lipinski definition) is 6. The molecule has 4 rings (SSSR count). The molecule has 2 aliphatic rings. The summed E-state index contributed by atoms with van der Waals surface area (Å²) in [6.07, 6.45) is 10.8. The van der Waals surface area contributed by atoms with E-state index in [9.17, 15) is 24.3 Å². The monoisotopic (exact) mass is 592 g/mol. The molecule has 0 spiro atoms. The largest absolute Gasteiger partial charge is 0.508 e. The summed E-state index contributed by atoms with van der Waals surface area (Å²) < 4.78 is 0. The molecule has 0 radical (unpaired) electrons. The molecule has 2 fully saturated rings. The van der Waals surface area contributed by atoms with E-state index < -0.39 is 29.8 Å². The minimum atomic E-state index is -1.10. The van der Waals surface area contributed by atoms with Crippen molar-refractivity contribution in [2.75, 3.05) is 5.75 Å². The topological polar surface area (TPSA) is 128 Å². The van der Waals surface area contributed by atoms with Crippen LogP contribution in [-0.2, 0) is 9.59 Å². The summed E-state index contributed by atoms with van der Waals surface area (Å²) in [5.41, 5.74) is 0.812. The Morgan fingerprint density at radius 3 is 2.12 bits per heavy atom. The Bertz CT molecular complexity index is 1260. The second-order valence-electron chi connectivity index (χ2n) is 11.0. The van der Waals surface area contributed by atoms with Crippen LogP contribution >= 0.6 is 12.6 Å². The van der Waals surface area contributed by atoms with Crippen LogP contribution in [0.2, 0.25) is 0 Å². The van der Waals surface area contributed by atoms with E-state index >= 15 is 0 Å². The Morgan fingerprint density at radius 1 is 0.881 bits per heavy atom. The zero-order valence-electron chi connectivity index (χ0n) is 23.8. The molecule has 1 atom stereocenters. The summed E-state index contributed by atoms with van der Waals surface area (Å²) >= 11 is 4.36. The molecule has 42 heavy (non-hydrogen) atoms. The Balaban J connectivity index is 1.55. The van der Waals surface area contributed by atoms with Crippen molar-refractivity contribution in [1.82, 2.24) is 20.9 Å². The molecule has 10 heteroatoms. The van der Waals surface area contributed by atoms with Gasteiger partial charge in [0, 0.05) is 23.4 Å². The first-order valence-electron chi connectivity index (χ1n) is 14.8. The van der Waals surface area contributed by atoms with E-state index in [1.165, 1.54) is 23.1 Å². The lowest BCUT2D eigenvalue weighted by Gasteiger charge is -2.36. The number of benzene rings is 2. The van der Waals surface area contributed by atoms with Gasteiger partial charge < -0.3 is 21.1 Å². The van der Waals surface area contributed by atoms with Crippen molar-refractivity contribution in [3.05, 3.63) is 71.4 Å². The van der Waals surface area contributed by atoms with E-state index in [4.69, 9.17) is 0 Å². The van der Waals surface area contributed by atoms with Crippen LogP contribution in [0.25, 0.3) is 6.08 Å². The van der Waals surface area contributed by atoms with Crippen molar-refractivity contribution >= 4 is 42.5 Å². The smallest absolute Gasteiger partial charge is 0.324 e. The fraction of sp³-hybridized carbons (Fsp3) is 0.438. The number of aromatic hydroxyl groups is 1. The molecule has 2 aromatic carbocycles. The van der Waals surface area contributed by atoms with Gasteiger partial charge in [-0.05, 0) is 61.6 Å².